The maximum atomic E-state index is 11.5. The van der Waals surface area contributed by atoms with E-state index >= 15 is 0 Å². The van der Waals surface area contributed by atoms with Crippen molar-refractivity contribution in [3.63, 3.8) is 0 Å². The van der Waals surface area contributed by atoms with Gasteiger partial charge in [-0.15, -0.1) is 24.0 Å². The number of guanidine groups is 1. The Morgan fingerprint density at radius 3 is 2.48 bits per heavy atom. The Balaban J connectivity index is 0.00000385. The summed E-state index contributed by atoms with van der Waals surface area (Å²) in [4.78, 5) is 21.2. The van der Waals surface area contributed by atoms with E-state index in [4.69, 9.17) is 9.73 Å². The van der Waals surface area contributed by atoms with Gasteiger partial charge in [0.1, 0.15) is 5.75 Å². The molecule has 33 heavy (non-hydrogen) atoms. The molecule has 0 aliphatic carbocycles. The van der Waals surface area contributed by atoms with E-state index in [1.165, 1.54) is 23.7 Å². The molecule has 1 heterocycles. The standard InChI is InChI=1S/C25H35N5O2.HI/c1-6-26-25(27-17-21-10-11-24(32-5)22(16-21)28-20(4)31)30-14-12-29(13-15-30)23-9-7-8-18(2)19(23)3;/h7-11,16H,6,12-15,17H2,1-5H3,(H,26,27)(H,28,31);1H. The summed E-state index contributed by atoms with van der Waals surface area (Å²) in [6.07, 6.45) is 0. The fourth-order valence-corrected chi connectivity index (χ4v) is 3.97. The second-order valence-corrected chi connectivity index (χ2v) is 8.08. The first-order valence-electron chi connectivity index (χ1n) is 11.2. The van der Waals surface area contributed by atoms with Gasteiger partial charge in [0.25, 0.3) is 0 Å². The first-order valence-corrected chi connectivity index (χ1v) is 11.2. The molecule has 1 fully saturated rings. The second kappa shape index (κ2) is 12.7. The zero-order valence-corrected chi connectivity index (χ0v) is 22.6. The summed E-state index contributed by atoms with van der Waals surface area (Å²) in [7, 11) is 1.60. The van der Waals surface area contributed by atoms with Crippen molar-refractivity contribution >= 4 is 47.2 Å². The minimum absolute atomic E-state index is 0. The lowest BCUT2D eigenvalue weighted by atomic mass is 10.1. The van der Waals surface area contributed by atoms with Crippen LogP contribution < -0.4 is 20.3 Å². The zero-order valence-electron chi connectivity index (χ0n) is 20.3. The molecule has 2 aromatic rings. The average Bonchev–Trinajstić information content (AvgIpc) is 2.78. The molecule has 0 saturated carbocycles. The Morgan fingerprint density at radius 1 is 1.12 bits per heavy atom. The number of carbonyl (C=O) groups excluding carboxylic acids is 1. The molecule has 1 saturated heterocycles. The van der Waals surface area contributed by atoms with Gasteiger partial charge in [0.05, 0.1) is 19.3 Å². The molecule has 2 aromatic carbocycles. The summed E-state index contributed by atoms with van der Waals surface area (Å²) >= 11 is 0. The van der Waals surface area contributed by atoms with Gasteiger partial charge in [-0.05, 0) is 55.7 Å². The molecule has 8 heteroatoms. The third kappa shape index (κ3) is 6.99. The molecule has 2 N–H and O–H groups in total. The maximum Gasteiger partial charge on any atom is 0.221 e. The summed E-state index contributed by atoms with van der Waals surface area (Å²) in [6.45, 7) is 13.0. The van der Waals surface area contributed by atoms with Crippen LogP contribution >= 0.6 is 24.0 Å². The number of aryl methyl sites for hydroxylation is 1. The van der Waals surface area contributed by atoms with E-state index in [0.29, 0.717) is 18.0 Å². The molecule has 0 radical (unpaired) electrons. The van der Waals surface area contributed by atoms with Crippen LogP contribution in [0.5, 0.6) is 5.75 Å². The third-order valence-electron chi connectivity index (χ3n) is 5.82. The average molecular weight is 566 g/mol. The number of rotatable bonds is 6. The molecular formula is C25H36IN5O2. The highest BCUT2D eigenvalue weighted by atomic mass is 127. The number of aliphatic imine (C=N–C) groups is 1. The number of nitrogens with one attached hydrogen (secondary N) is 2. The van der Waals surface area contributed by atoms with Gasteiger partial charge >= 0.3 is 0 Å². The van der Waals surface area contributed by atoms with E-state index < -0.39 is 0 Å². The van der Waals surface area contributed by atoms with Crippen molar-refractivity contribution in [1.29, 1.82) is 0 Å². The number of benzene rings is 2. The van der Waals surface area contributed by atoms with Gasteiger partial charge in [-0.2, -0.15) is 0 Å². The van der Waals surface area contributed by atoms with Crippen LogP contribution in [0.4, 0.5) is 11.4 Å². The van der Waals surface area contributed by atoms with Crippen LogP contribution in [0.15, 0.2) is 41.4 Å². The predicted molar refractivity (Wildman–Crippen MR) is 147 cm³/mol. The van der Waals surface area contributed by atoms with Gasteiger partial charge in [-0.1, -0.05) is 18.2 Å². The highest BCUT2D eigenvalue weighted by Gasteiger charge is 2.21. The first kappa shape index (κ1) is 26.8. The number of carbonyl (C=O) groups is 1. The number of anilines is 2. The smallest absolute Gasteiger partial charge is 0.221 e. The Labute approximate surface area is 214 Å². The Kier molecular flexibility index (Phi) is 10.3. The second-order valence-electron chi connectivity index (χ2n) is 8.08. The number of nitrogens with zero attached hydrogens (tertiary/aromatic N) is 3. The van der Waals surface area contributed by atoms with Gasteiger partial charge in [0.15, 0.2) is 5.96 Å². The molecule has 1 aliphatic heterocycles. The van der Waals surface area contributed by atoms with Crippen molar-refractivity contribution in [2.45, 2.75) is 34.2 Å². The zero-order chi connectivity index (χ0) is 23.1. The lowest BCUT2D eigenvalue weighted by Crippen LogP contribution is -2.52. The van der Waals surface area contributed by atoms with Crippen molar-refractivity contribution in [3.8, 4) is 5.75 Å². The number of hydrogen-bond donors (Lipinski definition) is 2. The van der Waals surface area contributed by atoms with Gasteiger partial charge in [0, 0.05) is 45.3 Å². The minimum Gasteiger partial charge on any atom is -0.495 e. The normalized spacial score (nSPS) is 13.9. The van der Waals surface area contributed by atoms with Crippen LogP contribution in [0.1, 0.15) is 30.5 Å². The van der Waals surface area contributed by atoms with Crippen LogP contribution in [-0.2, 0) is 11.3 Å². The van der Waals surface area contributed by atoms with Crippen LogP contribution in [0.25, 0.3) is 0 Å². The minimum atomic E-state index is -0.126. The van der Waals surface area contributed by atoms with Crippen LogP contribution in [0, 0.1) is 13.8 Å². The molecule has 3 rings (SSSR count). The molecule has 1 aliphatic rings. The van der Waals surface area contributed by atoms with Gasteiger partial charge in [-0.25, -0.2) is 4.99 Å². The number of hydrogen-bond acceptors (Lipinski definition) is 4. The van der Waals surface area contributed by atoms with Crippen molar-refractivity contribution in [1.82, 2.24) is 10.2 Å². The van der Waals surface area contributed by atoms with E-state index in [9.17, 15) is 4.79 Å². The fraction of sp³-hybridized carbons (Fsp3) is 0.440. The number of amides is 1. The van der Waals surface area contributed by atoms with E-state index in [1.54, 1.807) is 7.11 Å². The summed E-state index contributed by atoms with van der Waals surface area (Å²) in [6, 6.07) is 12.3. The van der Waals surface area contributed by atoms with E-state index in [0.717, 1.165) is 44.2 Å². The quantitative estimate of drug-likeness (QED) is 0.313. The number of piperazine rings is 1. The lowest BCUT2D eigenvalue weighted by Gasteiger charge is -2.38. The topological polar surface area (TPSA) is 69.2 Å². The number of ether oxygens (including phenoxy) is 1. The molecule has 0 atom stereocenters. The van der Waals surface area contributed by atoms with Crippen LogP contribution in [0.2, 0.25) is 0 Å². The molecule has 180 valence electrons. The van der Waals surface area contributed by atoms with Crippen molar-refractivity contribution in [2.24, 2.45) is 4.99 Å². The molecule has 1 amide bonds. The molecule has 0 spiro atoms. The van der Waals surface area contributed by atoms with Gasteiger partial charge < -0.3 is 25.2 Å². The van der Waals surface area contributed by atoms with E-state index in [1.807, 2.05) is 18.2 Å². The lowest BCUT2D eigenvalue weighted by molar-refractivity contribution is -0.114. The molecule has 0 aromatic heterocycles. The summed E-state index contributed by atoms with van der Waals surface area (Å²) < 4.78 is 5.35. The summed E-state index contributed by atoms with van der Waals surface area (Å²) in [5.41, 5.74) is 5.70. The van der Waals surface area contributed by atoms with Crippen LogP contribution in [0.3, 0.4) is 0 Å². The molecule has 0 unspecified atom stereocenters. The van der Waals surface area contributed by atoms with Crippen molar-refractivity contribution in [2.75, 3.05) is 50.1 Å². The predicted octanol–water partition coefficient (Wildman–Crippen LogP) is 4.18. The third-order valence-corrected chi connectivity index (χ3v) is 5.82. The summed E-state index contributed by atoms with van der Waals surface area (Å²) in [5, 5.41) is 6.26. The van der Waals surface area contributed by atoms with Crippen molar-refractivity contribution < 1.29 is 9.53 Å². The van der Waals surface area contributed by atoms with Gasteiger partial charge in [-0.3, -0.25) is 4.79 Å². The number of methoxy groups -OCH3 is 1. The summed E-state index contributed by atoms with van der Waals surface area (Å²) in [5.74, 6) is 1.44. The van der Waals surface area contributed by atoms with Gasteiger partial charge in [0.2, 0.25) is 5.91 Å². The molecule has 7 nitrogen and oxygen atoms in total. The van der Waals surface area contributed by atoms with E-state index in [-0.39, 0.29) is 29.9 Å². The largest absolute Gasteiger partial charge is 0.495 e. The van der Waals surface area contributed by atoms with E-state index in [2.05, 4.69) is 59.4 Å². The highest BCUT2D eigenvalue weighted by molar-refractivity contribution is 14.0. The first-order chi connectivity index (χ1) is 15.4. The monoisotopic (exact) mass is 565 g/mol. The SMILES string of the molecule is CCNC(=NCc1ccc(OC)c(NC(C)=O)c1)N1CCN(c2cccc(C)c2C)CC1.I. The molecule has 0 bridgehead atoms. The van der Waals surface area contributed by atoms with Crippen molar-refractivity contribution in [3.05, 3.63) is 53.1 Å². The molecular weight excluding hydrogens is 529 g/mol. The number of halogens is 1. The maximum absolute atomic E-state index is 11.5. The Morgan fingerprint density at radius 2 is 1.85 bits per heavy atom. The van der Waals surface area contributed by atoms with Crippen LogP contribution in [-0.4, -0.2) is 56.6 Å². The highest BCUT2D eigenvalue weighted by Crippen LogP contribution is 2.26. The Hall–Kier alpha value is -2.49. The fourth-order valence-electron chi connectivity index (χ4n) is 3.97. The Bertz CT molecular complexity index is 971.